The van der Waals surface area contributed by atoms with E-state index in [1.165, 1.54) is 0 Å². The second kappa shape index (κ2) is 3.75. The zero-order valence-electron chi connectivity index (χ0n) is 3.42. The van der Waals surface area contributed by atoms with Crippen molar-refractivity contribution in [3.63, 3.8) is 0 Å². The third kappa shape index (κ3) is 5.57. The Morgan fingerprint density at radius 1 is 2.00 bits per heavy atom. The standard InChI is InChI=1S/C3H3NO2Se/c5-3(6)1-4-2-7/h1H2,(H,5,6). The van der Waals surface area contributed by atoms with Gasteiger partial charge < -0.3 is 0 Å². The molecule has 0 saturated heterocycles. The third-order valence-electron chi connectivity index (χ3n) is 0.279. The van der Waals surface area contributed by atoms with Gasteiger partial charge in [0.05, 0.1) is 0 Å². The van der Waals surface area contributed by atoms with Crippen molar-refractivity contribution in [3.8, 4) is 0 Å². The van der Waals surface area contributed by atoms with Crippen LogP contribution in [0.3, 0.4) is 0 Å². The average molecular weight is 164 g/mol. The van der Waals surface area contributed by atoms with Crippen LogP contribution in [-0.4, -0.2) is 37.9 Å². The van der Waals surface area contributed by atoms with Crippen molar-refractivity contribution in [3.05, 3.63) is 0 Å². The molecule has 0 amide bonds. The Kier molecular flexibility index (Phi) is 3.52. The van der Waals surface area contributed by atoms with E-state index in [2.05, 4.69) is 25.3 Å². The SMILES string of the molecule is O=C(O)CN=C=[Se]. The maximum absolute atomic E-state index is 9.61. The van der Waals surface area contributed by atoms with Crippen molar-refractivity contribution in [2.45, 2.75) is 0 Å². The number of hydrogen-bond acceptors (Lipinski definition) is 2. The minimum atomic E-state index is -0.942. The van der Waals surface area contributed by atoms with Crippen molar-refractivity contribution >= 4 is 26.3 Å². The van der Waals surface area contributed by atoms with E-state index < -0.39 is 5.97 Å². The van der Waals surface area contributed by atoms with E-state index in [4.69, 9.17) is 5.11 Å². The molecule has 0 bridgehead atoms. The summed E-state index contributed by atoms with van der Waals surface area (Å²) in [7, 11) is 0. The molecule has 0 saturated carbocycles. The molecular weight excluding hydrogens is 161 g/mol. The topological polar surface area (TPSA) is 49.7 Å². The molecule has 0 aliphatic rings. The van der Waals surface area contributed by atoms with Crippen molar-refractivity contribution in [2.24, 2.45) is 4.99 Å². The van der Waals surface area contributed by atoms with Crippen LogP contribution in [0.2, 0.25) is 0 Å². The van der Waals surface area contributed by atoms with Crippen molar-refractivity contribution in [1.82, 2.24) is 0 Å². The third-order valence-corrected chi connectivity index (χ3v) is 0.550. The number of carbonyl (C=O) groups is 1. The predicted octanol–water partition coefficient (Wildman–Crippen LogP) is -0.855. The van der Waals surface area contributed by atoms with Crippen molar-refractivity contribution in [1.29, 1.82) is 0 Å². The molecular formula is C3H3NO2Se. The first-order valence-electron chi connectivity index (χ1n) is 1.53. The fourth-order valence-electron chi connectivity index (χ4n) is 0.0999. The molecule has 0 fully saturated rings. The van der Waals surface area contributed by atoms with E-state index in [0.717, 1.165) is 0 Å². The molecule has 3 nitrogen and oxygen atoms in total. The average Bonchev–Trinajstić information content (AvgIpc) is 1.61. The molecule has 1 N–H and O–H groups in total. The van der Waals surface area contributed by atoms with E-state index in [-0.39, 0.29) is 6.54 Å². The number of aliphatic carboxylic acids is 1. The Balaban J connectivity index is 3.32. The summed E-state index contributed by atoms with van der Waals surface area (Å²) in [5.41, 5.74) is 0. The number of nitrogens with zero attached hydrogens (tertiary/aromatic N) is 1. The molecule has 0 aliphatic carbocycles. The Labute approximate surface area is 48.4 Å². The van der Waals surface area contributed by atoms with Crippen LogP contribution in [0, 0.1) is 0 Å². The Bertz CT molecular complexity index is 116. The summed E-state index contributed by atoms with van der Waals surface area (Å²) in [6, 6.07) is 0. The van der Waals surface area contributed by atoms with Gasteiger partial charge in [-0.1, -0.05) is 0 Å². The van der Waals surface area contributed by atoms with Crippen molar-refractivity contribution < 1.29 is 9.90 Å². The van der Waals surface area contributed by atoms with Crippen LogP contribution in [-0.2, 0) is 4.79 Å². The summed E-state index contributed by atoms with van der Waals surface area (Å²) >= 11 is 2.32. The molecule has 0 rings (SSSR count). The summed E-state index contributed by atoms with van der Waals surface area (Å²) in [6.07, 6.45) is 0. The van der Waals surface area contributed by atoms with Gasteiger partial charge in [0.1, 0.15) is 0 Å². The molecule has 0 radical (unpaired) electrons. The summed E-state index contributed by atoms with van der Waals surface area (Å²) in [4.78, 5) is 12.9. The number of carboxylic acids is 1. The van der Waals surface area contributed by atoms with Gasteiger partial charge in [0.25, 0.3) is 0 Å². The van der Waals surface area contributed by atoms with Crippen LogP contribution >= 0.6 is 0 Å². The number of hydrogen-bond donors (Lipinski definition) is 1. The fraction of sp³-hybridized carbons (Fsp3) is 0.333. The Morgan fingerprint density at radius 2 is 2.57 bits per heavy atom. The first-order chi connectivity index (χ1) is 3.27. The van der Waals surface area contributed by atoms with Gasteiger partial charge in [0.15, 0.2) is 0 Å². The molecule has 0 aromatic heterocycles. The zero-order chi connectivity index (χ0) is 5.70. The molecule has 0 unspecified atom stereocenters. The van der Waals surface area contributed by atoms with Gasteiger partial charge >= 0.3 is 47.7 Å². The molecule has 0 heterocycles. The number of aliphatic imine (C=N–C) groups is 1. The molecule has 0 aromatic rings. The summed E-state index contributed by atoms with van der Waals surface area (Å²) in [6.45, 7) is -0.201. The van der Waals surface area contributed by atoms with E-state index >= 15 is 0 Å². The molecule has 0 spiro atoms. The molecule has 4 heteroatoms. The number of carboxylic acid groups (broad SMARTS) is 1. The molecule has 0 atom stereocenters. The van der Waals surface area contributed by atoms with E-state index in [0.29, 0.717) is 0 Å². The maximum atomic E-state index is 9.61. The first-order valence-corrected chi connectivity index (χ1v) is 2.38. The molecule has 0 aliphatic heterocycles. The first kappa shape index (κ1) is 6.57. The van der Waals surface area contributed by atoms with E-state index in [9.17, 15) is 4.79 Å². The normalized spacial score (nSPS) is 6.86. The van der Waals surface area contributed by atoms with Gasteiger partial charge in [-0.05, 0) is 0 Å². The Hall–Kier alpha value is -0.431. The van der Waals surface area contributed by atoms with Crippen LogP contribution in [0.25, 0.3) is 0 Å². The quantitative estimate of drug-likeness (QED) is 0.426. The zero-order valence-corrected chi connectivity index (χ0v) is 5.13. The van der Waals surface area contributed by atoms with Crippen molar-refractivity contribution in [2.75, 3.05) is 6.54 Å². The second-order valence-electron chi connectivity index (χ2n) is 0.801. The van der Waals surface area contributed by atoms with Gasteiger partial charge in [-0.2, -0.15) is 0 Å². The van der Waals surface area contributed by atoms with Crippen LogP contribution in [0.4, 0.5) is 0 Å². The van der Waals surface area contributed by atoms with Gasteiger partial charge in [-0.25, -0.2) is 0 Å². The summed E-state index contributed by atoms with van der Waals surface area (Å²) in [5, 5.41) is 7.90. The molecule has 0 aromatic carbocycles. The molecule has 38 valence electrons. The predicted molar refractivity (Wildman–Crippen MR) is 25.7 cm³/mol. The van der Waals surface area contributed by atoms with E-state index in [1.807, 2.05) is 0 Å². The van der Waals surface area contributed by atoms with Gasteiger partial charge in [0.2, 0.25) is 0 Å². The van der Waals surface area contributed by atoms with Crippen LogP contribution < -0.4 is 0 Å². The van der Waals surface area contributed by atoms with E-state index in [1.54, 1.807) is 0 Å². The summed E-state index contributed by atoms with van der Waals surface area (Å²) < 4.78 is 2.22. The number of rotatable bonds is 2. The van der Waals surface area contributed by atoms with Gasteiger partial charge in [0, 0.05) is 0 Å². The fourth-order valence-corrected chi connectivity index (χ4v) is 0.235. The molecule has 7 heavy (non-hydrogen) atoms. The van der Waals surface area contributed by atoms with Crippen LogP contribution in [0.1, 0.15) is 0 Å². The second-order valence-corrected chi connectivity index (χ2v) is 1.18. The van der Waals surface area contributed by atoms with Crippen LogP contribution in [0.15, 0.2) is 4.99 Å². The van der Waals surface area contributed by atoms with Gasteiger partial charge in [-0.15, -0.1) is 0 Å². The van der Waals surface area contributed by atoms with Crippen LogP contribution in [0.5, 0.6) is 0 Å². The Morgan fingerprint density at radius 3 is 2.71 bits per heavy atom. The summed E-state index contributed by atoms with van der Waals surface area (Å²) in [5.74, 6) is -0.942. The van der Waals surface area contributed by atoms with Gasteiger partial charge in [-0.3, -0.25) is 0 Å². The minimum absolute atomic E-state index is 0.201. The monoisotopic (exact) mass is 165 g/mol.